The van der Waals surface area contributed by atoms with Crippen LogP contribution in [-0.2, 0) is 17.6 Å². The summed E-state index contributed by atoms with van der Waals surface area (Å²) < 4.78 is 4.74. The van der Waals surface area contributed by atoms with Crippen LogP contribution in [0.1, 0.15) is 18.2 Å². The largest absolute Gasteiger partial charge is 0.481 e. The summed E-state index contributed by atoms with van der Waals surface area (Å²) >= 11 is 0. The van der Waals surface area contributed by atoms with Gasteiger partial charge in [0.2, 0.25) is 0 Å². The Hall–Kier alpha value is -1.32. The van der Waals surface area contributed by atoms with E-state index >= 15 is 0 Å². The van der Waals surface area contributed by atoms with Crippen molar-refractivity contribution >= 4 is 5.97 Å². The molecule has 0 spiro atoms. The van der Waals surface area contributed by atoms with Crippen molar-refractivity contribution in [2.24, 2.45) is 0 Å². The van der Waals surface area contributed by atoms with Gasteiger partial charge in [-0.05, 0) is 6.42 Å². The van der Waals surface area contributed by atoms with Crippen molar-refractivity contribution in [1.29, 1.82) is 0 Å². The van der Waals surface area contributed by atoms with Crippen LogP contribution in [0.3, 0.4) is 0 Å². The molecule has 1 heterocycles. The minimum absolute atomic E-state index is 0.0802. The van der Waals surface area contributed by atoms with Gasteiger partial charge in [-0.2, -0.15) is 0 Å². The number of hydrogen-bond acceptors (Lipinski definition) is 3. The van der Waals surface area contributed by atoms with Crippen molar-refractivity contribution in [3.8, 4) is 0 Å². The molecule has 0 aliphatic heterocycles. The van der Waals surface area contributed by atoms with E-state index in [9.17, 15) is 4.79 Å². The van der Waals surface area contributed by atoms with Crippen molar-refractivity contribution in [1.82, 2.24) is 5.16 Å². The van der Waals surface area contributed by atoms with Crippen molar-refractivity contribution in [3.63, 3.8) is 0 Å². The fourth-order valence-corrected chi connectivity index (χ4v) is 0.856. The Morgan fingerprint density at radius 2 is 2.55 bits per heavy atom. The quantitative estimate of drug-likeness (QED) is 0.703. The van der Waals surface area contributed by atoms with E-state index in [1.165, 1.54) is 0 Å². The minimum Gasteiger partial charge on any atom is -0.481 e. The second kappa shape index (κ2) is 3.18. The standard InChI is InChI=1S/C7H9NO3/c1-2-5-4-8-11-6(5)3-7(9)10/h4H,2-3H2,1H3,(H,9,10). The average Bonchev–Trinajstić information content (AvgIpc) is 2.34. The van der Waals surface area contributed by atoms with Gasteiger partial charge >= 0.3 is 5.97 Å². The average molecular weight is 155 g/mol. The lowest BCUT2D eigenvalue weighted by Crippen LogP contribution is -2.00. The first-order chi connectivity index (χ1) is 5.24. The molecule has 60 valence electrons. The molecule has 0 unspecified atom stereocenters. The van der Waals surface area contributed by atoms with Gasteiger partial charge < -0.3 is 9.63 Å². The van der Waals surface area contributed by atoms with E-state index < -0.39 is 5.97 Å². The molecule has 0 aliphatic carbocycles. The Morgan fingerprint density at radius 3 is 3.09 bits per heavy atom. The molecule has 1 rings (SSSR count). The predicted octanol–water partition coefficient (Wildman–Crippen LogP) is 0.864. The molecule has 0 aromatic carbocycles. The molecule has 0 saturated heterocycles. The van der Waals surface area contributed by atoms with E-state index in [0.29, 0.717) is 5.76 Å². The highest BCUT2D eigenvalue weighted by Crippen LogP contribution is 2.08. The zero-order valence-electron chi connectivity index (χ0n) is 6.20. The molecule has 0 bridgehead atoms. The molecule has 0 radical (unpaired) electrons. The van der Waals surface area contributed by atoms with Crippen LogP contribution in [0.4, 0.5) is 0 Å². The van der Waals surface area contributed by atoms with Gasteiger partial charge in [-0.15, -0.1) is 0 Å². The molecule has 11 heavy (non-hydrogen) atoms. The maximum absolute atomic E-state index is 10.2. The van der Waals surface area contributed by atoms with E-state index in [4.69, 9.17) is 9.63 Å². The number of aliphatic carboxylic acids is 1. The number of aromatic nitrogens is 1. The zero-order chi connectivity index (χ0) is 8.27. The second-order valence-electron chi connectivity index (χ2n) is 2.20. The lowest BCUT2D eigenvalue weighted by Gasteiger charge is -1.91. The number of aryl methyl sites for hydroxylation is 1. The lowest BCUT2D eigenvalue weighted by atomic mass is 10.2. The number of carboxylic acid groups (broad SMARTS) is 1. The highest BCUT2D eigenvalue weighted by Gasteiger charge is 2.09. The van der Waals surface area contributed by atoms with Crippen LogP contribution in [-0.4, -0.2) is 16.2 Å². The summed E-state index contributed by atoms with van der Waals surface area (Å²) in [4.78, 5) is 10.2. The van der Waals surface area contributed by atoms with E-state index in [2.05, 4.69) is 5.16 Å². The molecule has 1 aromatic heterocycles. The van der Waals surface area contributed by atoms with E-state index in [-0.39, 0.29) is 6.42 Å². The van der Waals surface area contributed by atoms with Crippen LogP contribution >= 0.6 is 0 Å². The third-order valence-electron chi connectivity index (χ3n) is 1.42. The molecular formula is C7H9NO3. The van der Waals surface area contributed by atoms with Crippen molar-refractivity contribution < 1.29 is 14.4 Å². The summed E-state index contributed by atoms with van der Waals surface area (Å²) in [7, 11) is 0. The number of carbonyl (C=O) groups is 1. The molecule has 4 nitrogen and oxygen atoms in total. The number of rotatable bonds is 3. The summed E-state index contributed by atoms with van der Waals surface area (Å²) in [6.45, 7) is 1.93. The van der Waals surface area contributed by atoms with Gasteiger partial charge in [0.25, 0.3) is 0 Å². The van der Waals surface area contributed by atoms with Crippen molar-refractivity contribution in [2.45, 2.75) is 19.8 Å². The molecule has 1 N–H and O–H groups in total. The summed E-state index contributed by atoms with van der Waals surface area (Å²) in [6.07, 6.45) is 2.23. The summed E-state index contributed by atoms with van der Waals surface area (Å²) in [5, 5.41) is 11.9. The Bertz CT molecular complexity index is 254. The first-order valence-electron chi connectivity index (χ1n) is 3.38. The van der Waals surface area contributed by atoms with E-state index in [1.54, 1.807) is 6.20 Å². The third-order valence-corrected chi connectivity index (χ3v) is 1.42. The predicted molar refractivity (Wildman–Crippen MR) is 37.2 cm³/mol. The fraction of sp³-hybridized carbons (Fsp3) is 0.429. The van der Waals surface area contributed by atoms with Crippen LogP contribution < -0.4 is 0 Å². The highest BCUT2D eigenvalue weighted by atomic mass is 16.5. The smallest absolute Gasteiger partial charge is 0.311 e. The molecule has 0 atom stereocenters. The van der Waals surface area contributed by atoms with Crippen molar-refractivity contribution in [3.05, 3.63) is 17.5 Å². The molecule has 0 fully saturated rings. The zero-order valence-corrected chi connectivity index (χ0v) is 6.20. The Morgan fingerprint density at radius 1 is 1.82 bits per heavy atom. The Labute approximate surface area is 63.8 Å². The number of hydrogen-bond donors (Lipinski definition) is 1. The third kappa shape index (κ3) is 1.80. The van der Waals surface area contributed by atoms with Gasteiger partial charge in [-0.3, -0.25) is 4.79 Å². The number of nitrogens with zero attached hydrogens (tertiary/aromatic N) is 1. The van der Waals surface area contributed by atoms with Crippen LogP contribution in [0.25, 0.3) is 0 Å². The minimum atomic E-state index is -0.892. The van der Waals surface area contributed by atoms with Gasteiger partial charge in [-0.25, -0.2) is 0 Å². The Kier molecular flexibility index (Phi) is 2.25. The normalized spacial score (nSPS) is 9.91. The Balaban J connectivity index is 2.76. The molecule has 0 saturated carbocycles. The molecule has 0 amide bonds. The van der Waals surface area contributed by atoms with E-state index in [0.717, 1.165) is 12.0 Å². The number of carboxylic acids is 1. The summed E-state index contributed by atoms with van der Waals surface area (Å²) in [6, 6.07) is 0. The molecule has 1 aromatic rings. The van der Waals surface area contributed by atoms with Crippen LogP contribution in [0.5, 0.6) is 0 Å². The van der Waals surface area contributed by atoms with Crippen LogP contribution in [0.2, 0.25) is 0 Å². The monoisotopic (exact) mass is 155 g/mol. The maximum atomic E-state index is 10.2. The molecule has 4 heteroatoms. The first kappa shape index (κ1) is 7.78. The molecule has 0 aliphatic rings. The second-order valence-corrected chi connectivity index (χ2v) is 2.20. The highest BCUT2D eigenvalue weighted by molar-refractivity contribution is 5.69. The lowest BCUT2D eigenvalue weighted by molar-refractivity contribution is -0.136. The first-order valence-corrected chi connectivity index (χ1v) is 3.38. The van der Waals surface area contributed by atoms with E-state index in [1.807, 2.05) is 6.92 Å². The molecular weight excluding hydrogens is 146 g/mol. The maximum Gasteiger partial charge on any atom is 0.311 e. The van der Waals surface area contributed by atoms with Gasteiger partial charge in [0.15, 0.2) is 5.76 Å². The van der Waals surface area contributed by atoms with Gasteiger partial charge in [0.1, 0.15) is 6.42 Å². The van der Waals surface area contributed by atoms with Gasteiger partial charge in [0.05, 0.1) is 6.20 Å². The topological polar surface area (TPSA) is 63.3 Å². The van der Waals surface area contributed by atoms with Gasteiger partial charge in [0, 0.05) is 5.56 Å². The summed E-state index contributed by atoms with van der Waals surface area (Å²) in [5.41, 5.74) is 0.868. The van der Waals surface area contributed by atoms with Crippen LogP contribution in [0.15, 0.2) is 10.7 Å². The van der Waals surface area contributed by atoms with Crippen molar-refractivity contribution in [2.75, 3.05) is 0 Å². The SMILES string of the molecule is CCc1cnoc1CC(=O)O. The summed E-state index contributed by atoms with van der Waals surface area (Å²) in [5.74, 6) is -0.434. The van der Waals surface area contributed by atoms with Crippen LogP contribution in [0, 0.1) is 0 Å². The fourth-order valence-electron chi connectivity index (χ4n) is 0.856. The van der Waals surface area contributed by atoms with Gasteiger partial charge in [-0.1, -0.05) is 12.1 Å².